The van der Waals surface area contributed by atoms with Crippen molar-refractivity contribution in [1.82, 2.24) is 15.2 Å². The van der Waals surface area contributed by atoms with E-state index < -0.39 is 6.09 Å². The molecule has 148 valence electrons. The number of nitrogens with zero attached hydrogens (tertiary/aromatic N) is 3. The second-order valence-electron chi connectivity index (χ2n) is 6.47. The molecule has 1 aromatic heterocycles. The number of aromatic nitrogens is 1. The first kappa shape index (κ1) is 19.9. The number of halogens is 1. The number of likely N-dealkylation sites (N-methyl/N-ethyl adjacent to an activating group) is 1. The number of hydrogen-bond donors (Lipinski definition) is 1. The van der Waals surface area contributed by atoms with Gasteiger partial charge in [-0.1, -0.05) is 23.7 Å². The van der Waals surface area contributed by atoms with Crippen LogP contribution in [0.2, 0.25) is 5.02 Å². The number of nitrogens with one attached hydrogen (secondary N) is 1. The third-order valence-corrected chi connectivity index (χ3v) is 4.86. The summed E-state index contributed by atoms with van der Waals surface area (Å²) in [5.74, 6) is 0.549. The fourth-order valence-electron chi connectivity index (χ4n) is 3.01. The molecule has 0 saturated carbocycles. The van der Waals surface area contributed by atoms with Crippen LogP contribution in [0, 0.1) is 0 Å². The van der Waals surface area contributed by atoms with E-state index >= 15 is 0 Å². The summed E-state index contributed by atoms with van der Waals surface area (Å²) in [6.07, 6.45) is 2.19. The summed E-state index contributed by atoms with van der Waals surface area (Å²) in [6.45, 7) is 2.30. The number of carbonyl (C=O) groups is 2. The zero-order valence-electron chi connectivity index (χ0n) is 15.7. The lowest BCUT2D eigenvalue weighted by Crippen LogP contribution is -2.37. The van der Waals surface area contributed by atoms with Gasteiger partial charge in [0.2, 0.25) is 0 Å². The number of ether oxygens (including phenoxy) is 1. The molecular formula is C20H23ClN4O3. The minimum atomic E-state index is -0.462. The minimum Gasteiger partial charge on any atom is -0.439 e. The fourth-order valence-corrected chi connectivity index (χ4v) is 3.13. The normalized spacial score (nSPS) is 14.4. The van der Waals surface area contributed by atoms with Gasteiger partial charge in [0.15, 0.2) is 6.61 Å². The van der Waals surface area contributed by atoms with Crippen LogP contribution in [-0.2, 0) is 9.53 Å². The lowest BCUT2D eigenvalue weighted by Gasteiger charge is -2.22. The van der Waals surface area contributed by atoms with Gasteiger partial charge in [-0.15, -0.1) is 0 Å². The largest absolute Gasteiger partial charge is 0.439 e. The van der Waals surface area contributed by atoms with Crippen molar-refractivity contribution in [3.05, 3.63) is 47.6 Å². The van der Waals surface area contributed by atoms with Crippen LogP contribution in [-0.4, -0.2) is 61.7 Å². The molecule has 1 fully saturated rings. The van der Waals surface area contributed by atoms with Crippen molar-refractivity contribution in [3.63, 3.8) is 0 Å². The monoisotopic (exact) mass is 402 g/mol. The van der Waals surface area contributed by atoms with Crippen LogP contribution in [0.1, 0.15) is 6.42 Å². The molecule has 0 unspecified atom stereocenters. The van der Waals surface area contributed by atoms with Crippen LogP contribution in [0.25, 0.3) is 11.1 Å². The van der Waals surface area contributed by atoms with Gasteiger partial charge in [0, 0.05) is 50.0 Å². The molecule has 8 heteroatoms. The Kier molecular flexibility index (Phi) is 6.71. The van der Waals surface area contributed by atoms with E-state index in [9.17, 15) is 9.59 Å². The maximum atomic E-state index is 12.1. The summed E-state index contributed by atoms with van der Waals surface area (Å²) in [4.78, 5) is 31.7. The van der Waals surface area contributed by atoms with Gasteiger partial charge in [-0.2, -0.15) is 0 Å². The molecular weight excluding hydrogens is 380 g/mol. The second kappa shape index (κ2) is 9.41. The van der Waals surface area contributed by atoms with E-state index in [1.807, 2.05) is 42.6 Å². The maximum Gasteiger partial charge on any atom is 0.410 e. The highest BCUT2D eigenvalue weighted by atomic mass is 35.5. The lowest BCUT2D eigenvalue weighted by atomic mass is 10.1. The Morgan fingerprint density at radius 3 is 2.50 bits per heavy atom. The smallest absolute Gasteiger partial charge is 0.410 e. The molecule has 0 radical (unpaired) electrons. The molecule has 2 amide bonds. The number of carbonyl (C=O) groups excluding carboxylic acids is 2. The quantitative estimate of drug-likeness (QED) is 0.851. The molecule has 0 atom stereocenters. The van der Waals surface area contributed by atoms with E-state index in [1.165, 1.54) is 7.05 Å². The fraction of sp³-hybridized carbons (Fsp3) is 0.350. The number of rotatable bonds is 4. The molecule has 1 aliphatic rings. The summed E-state index contributed by atoms with van der Waals surface area (Å²) in [5.41, 5.74) is 2.08. The number of pyridine rings is 1. The third-order valence-electron chi connectivity index (χ3n) is 4.61. The number of amides is 2. The van der Waals surface area contributed by atoms with E-state index in [1.54, 1.807) is 4.90 Å². The average Bonchev–Trinajstić information content (AvgIpc) is 2.99. The first-order valence-corrected chi connectivity index (χ1v) is 9.54. The Balaban J connectivity index is 1.58. The summed E-state index contributed by atoms with van der Waals surface area (Å²) in [6, 6.07) is 11.7. The average molecular weight is 403 g/mol. The summed E-state index contributed by atoms with van der Waals surface area (Å²) < 4.78 is 5.04. The SMILES string of the molecule is CNC(=O)COC(=O)N1CCCN(c2ccc(-c3ccc(Cl)cc3)cn2)CC1. The maximum absolute atomic E-state index is 12.1. The number of hydrogen-bond acceptors (Lipinski definition) is 5. The molecule has 3 rings (SSSR count). The van der Waals surface area contributed by atoms with Crippen LogP contribution >= 0.6 is 11.6 Å². The van der Waals surface area contributed by atoms with Crippen molar-refractivity contribution < 1.29 is 14.3 Å². The Labute approximate surface area is 169 Å². The first-order valence-electron chi connectivity index (χ1n) is 9.16. The topological polar surface area (TPSA) is 74.8 Å². The van der Waals surface area contributed by atoms with Gasteiger partial charge in [-0.3, -0.25) is 4.79 Å². The van der Waals surface area contributed by atoms with E-state index in [0.717, 1.165) is 29.9 Å². The highest BCUT2D eigenvalue weighted by Crippen LogP contribution is 2.23. The Morgan fingerprint density at radius 1 is 1.07 bits per heavy atom. The number of benzene rings is 1. The van der Waals surface area contributed by atoms with Crippen molar-refractivity contribution in [1.29, 1.82) is 0 Å². The molecule has 2 aromatic rings. The second-order valence-corrected chi connectivity index (χ2v) is 6.90. The molecule has 1 aliphatic heterocycles. The summed E-state index contributed by atoms with van der Waals surface area (Å²) in [5, 5.41) is 3.13. The highest BCUT2D eigenvalue weighted by Gasteiger charge is 2.21. The molecule has 2 heterocycles. The third kappa shape index (κ3) is 5.13. The van der Waals surface area contributed by atoms with Gasteiger partial charge < -0.3 is 19.9 Å². The zero-order valence-corrected chi connectivity index (χ0v) is 16.5. The van der Waals surface area contributed by atoms with Crippen molar-refractivity contribution in [2.45, 2.75) is 6.42 Å². The molecule has 1 saturated heterocycles. The van der Waals surface area contributed by atoms with Crippen molar-refractivity contribution in [2.75, 3.05) is 44.7 Å². The molecule has 0 aliphatic carbocycles. The highest BCUT2D eigenvalue weighted by molar-refractivity contribution is 6.30. The predicted molar refractivity (Wildman–Crippen MR) is 109 cm³/mol. The standard InChI is InChI=1S/C20H23ClN4O3/c1-22-19(26)14-28-20(27)25-10-2-9-24(11-12-25)18-8-5-16(13-23-18)15-3-6-17(21)7-4-15/h3-8,13H,2,9-12,14H2,1H3,(H,22,26). The Morgan fingerprint density at radius 2 is 1.82 bits per heavy atom. The molecule has 0 bridgehead atoms. The van der Waals surface area contributed by atoms with Gasteiger partial charge in [-0.25, -0.2) is 9.78 Å². The summed E-state index contributed by atoms with van der Waals surface area (Å²) >= 11 is 5.94. The van der Waals surface area contributed by atoms with Crippen molar-refractivity contribution in [3.8, 4) is 11.1 Å². The molecule has 7 nitrogen and oxygen atoms in total. The molecule has 1 N–H and O–H groups in total. The molecule has 28 heavy (non-hydrogen) atoms. The van der Waals surface area contributed by atoms with Crippen LogP contribution in [0.3, 0.4) is 0 Å². The van der Waals surface area contributed by atoms with Gasteiger partial charge in [0.1, 0.15) is 5.82 Å². The molecule has 1 aromatic carbocycles. The predicted octanol–water partition coefficient (Wildman–Crippen LogP) is 2.80. The van der Waals surface area contributed by atoms with E-state index in [0.29, 0.717) is 24.7 Å². The minimum absolute atomic E-state index is 0.261. The van der Waals surface area contributed by atoms with Crippen molar-refractivity contribution >= 4 is 29.4 Å². The van der Waals surface area contributed by atoms with E-state index in [2.05, 4.69) is 15.2 Å². The van der Waals surface area contributed by atoms with Gasteiger partial charge in [-0.05, 0) is 36.2 Å². The van der Waals surface area contributed by atoms with E-state index in [4.69, 9.17) is 16.3 Å². The number of anilines is 1. The van der Waals surface area contributed by atoms with Crippen LogP contribution < -0.4 is 10.2 Å². The van der Waals surface area contributed by atoms with Gasteiger partial charge in [0.25, 0.3) is 5.91 Å². The van der Waals surface area contributed by atoms with Gasteiger partial charge >= 0.3 is 6.09 Å². The Bertz CT molecular complexity index is 811. The molecule has 0 spiro atoms. The lowest BCUT2D eigenvalue weighted by molar-refractivity contribution is -0.123. The summed E-state index contributed by atoms with van der Waals surface area (Å²) in [7, 11) is 1.51. The van der Waals surface area contributed by atoms with Crippen molar-refractivity contribution in [2.24, 2.45) is 0 Å². The Hall–Kier alpha value is -2.80. The van der Waals surface area contributed by atoms with E-state index in [-0.39, 0.29) is 12.5 Å². The van der Waals surface area contributed by atoms with Gasteiger partial charge in [0.05, 0.1) is 0 Å². The van der Waals surface area contributed by atoms with Crippen LogP contribution in [0.5, 0.6) is 0 Å². The van der Waals surface area contributed by atoms with Crippen LogP contribution in [0.4, 0.5) is 10.6 Å². The van der Waals surface area contributed by atoms with Crippen LogP contribution in [0.15, 0.2) is 42.6 Å². The zero-order chi connectivity index (χ0) is 19.9. The first-order chi connectivity index (χ1) is 13.6.